The van der Waals surface area contributed by atoms with Crippen molar-refractivity contribution in [3.63, 3.8) is 0 Å². The lowest BCUT2D eigenvalue weighted by Crippen LogP contribution is -2.29. The highest BCUT2D eigenvalue weighted by molar-refractivity contribution is 5.11. The highest BCUT2D eigenvalue weighted by Gasteiger charge is 2.08. The zero-order valence-corrected chi connectivity index (χ0v) is 10.6. The van der Waals surface area contributed by atoms with Crippen molar-refractivity contribution in [1.82, 2.24) is 5.32 Å². The smallest absolute Gasteiger partial charge is 0.0482 e. The SMILES string of the molecule is CC/C=C(/CCC)N[C@@H](CC)/C(C)=C\N. The average Bonchev–Trinajstić information content (AvgIpc) is 2.25. The van der Waals surface area contributed by atoms with E-state index in [2.05, 4.69) is 39.1 Å². The van der Waals surface area contributed by atoms with Gasteiger partial charge in [0, 0.05) is 11.7 Å². The lowest BCUT2D eigenvalue weighted by atomic mass is 10.1. The van der Waals surface area contributed by atoms with E-state index < -0.39 is 0 Å². The molecule has 0 aromatic carbocycles. The van der Waals surface area contributed by atoms with E-state index in [9.17, 15) is 0 Å². The van der Waals surface area contributed by atoms with Gasteiger partial charge in [-0.3, -0.25) is 0 Å². The zero-order chi connectivity index (χ0) is 11.7. The molecule has 88 valence electrons. The zero-order valence-electron chi connectivity index (χ0n) is 10.6. The molecule has 0 saturated carbocycles. The molecule has 0 saturated heterocycles. The maximum Gasteiger partial charge on any atom is 0.0482 e. The molecule has 0 aromatic heterocycles. The van der Waals surface area contributed by atoms with Gasteiger partial charge >= 0.3 is 0 Å². The number of nitrogens with two attached hydrogens (primary N) is 1. The molecule has 0 aromatic rings. The van der Waals surface area contributed by atoms with E-state index in [0.29, 0.717) is 6.04 Å². The number of allylic oxidation sites excluding steroid dienone is 2. The van der Waals surface area contributed by atoms with Crippen molar-refractivity contribution in [1.29, 1.82) is 0 Å². The summed E-state index contributed by atoms with van der Waals surface area (Å²) in [6, 6.07) is 0.388. The summed E-state index contributed by atoms with van der Waals surface area (Å²) >= 11 is 0. The van der Waals surface area contributed by atoms with Crippen LogP contribution in [-0.4, -0.2) is 6.04 Å². The van der Waals surface area contributed by atoms with Crippen molar-refractivity contribution < 1.29 is 0 Å². The lowest BCUT2D eigenvalue weighted by Gasteiger charge is -2.21. The Morgan fingerprint density at radius 1 is 1.33 bits per heavy atom. The molecule has 3 N–H and O–H groups in total. The lowest BCUT2D eigenvalue weighted by molar-refractivity contribution is 0.593. The topological polar surface area (TPSA) is 38.0 Å². The molecule has 15 heavy (non-hydrogen) atoms. The molecule has 0 unspecified atom stereocenters. The molecular formula is C13H26N2. The van der Waals surface area contributed by atoms with Gasteiger partial charge in [0.2, 0.25) is 0 Å². The molecule has 2 nitrogen and oxygen atoms in total. The summed E-state index contributed by atoms with van der Waals surface area (Å²) in [6.07, 6.45) is 8.45. The fraction of sp³-hybridized carbons (Fsp3) is 0.692. The largest absolute Gasteiger partial charge is 0.405 e. The molecule has 2 heteroatoms. The second kappa shape index (κ2) is 8.39. The van der Waals surface area contributed by atoms with Crippen molar-refractivity contribution in [2.24, 2.45) is 5.73 Å². The van der Waals surface area contributed by atoms with Crippen molar-refractivity contribution >= 4 is 0 Å². The molecular weight excluding hydrogens is 184 g/mol. The van der Waals surface area contributed by atoms with Gasteiger partial charge in [-0.05, 0) is 38.0 Å². The molecule has 0 aliphatic carbocycles. The van der Waals surface area contributed by atoms with Crippen molar-refractivity contribution in [2.45, 2.75) is 59.4 Å². The van der Waals surface area contributed by atoms with E-state index in [-0.39, 0.29) is 0 Å². The summed E-state index contributed by atoms with van der Waals surface area (Å²) in [5.41, 5.74) is 8.12. The molecule has 0 aliphatic heterocycles. The Labute approximate surface area is 94.6 Å². The van der Waals surface area contributed by atoms with E-state index in [4.69, 9.17) is 5.73 Å². The van der Waals surface area contributed by atoms with Crippen LogP contribution in [0.4, 0.5) is 0 Å². The summed E-state index contributed by atoms with van der Waals surface area (Å²) in [7, 11) is 0. The van der Waals surface area contributed by atoms with Gasteiger partial charge in [-0.25, -0.2) is 0 Å². The van der Waals surface area contributed by atoms with Gasteiger partial charge < -0.3 is 11.1 Å². The Morgan fingerprint density at radius 2 is 2.00 bits per heavy atom. The van der Waals surface area contributed by atoms with Crippen LogP contribution in [0.3, 0.4) is 0 Å². The first-order valence-corrected chi connectivity index (χ1v) is 6.03. The van der Waals surface area contributed by atoms with E-state index >= 15 is 0 Å². The first-order chi connectivity index (χ1) is 7.19. The molecule has 0 heterocycles. The molecule has 0 spiro atoms. The normalized spacial score (nSPS) is 15.2. The minimum Gasteiger partial charge on any atom is -0.405 e. The highest BCUT2D eigenvalue weighted by atomic mass is 14.9. The quantitative estimate of drug-likeness (QED) is 0.676. The van der Waals surface area contributed by atoms with E-state index in [1.165, 1.54) is 17.7 Å². The summed E-state index contributed by atoms with van der Waals surface area (Å²) in [4.78, 5) is 0. The minimum atomic E-state index is 0.388. The van der Waals surface area contributed by atoms with Gasteiger partial charge in [0.05, 0.1) is 0 Å². The standard InChI is InChI=1S/C13H26N2/c1-5-8-12(9-6-2)15-13(7-3)11(4)10-14/h8,10,13,15H,5-7,9,14H2,1-4H3/b11-10-,12-8-/t13-/m0/s1. The van der Waals surface area contributed by atoms with E-state index in [1.54, 1.807) is 6.20 Å². The van der Waals surface area contributed by atoms with Crippen LogP contribution in [0, 0.1) is 0 Å². The number of hydrogen-bond donors (Lipinski definition) is 2. The van der Waals surface area contributed by atoms with Crippen LogP contribution in [0.5, 0.6) is 0 Å². The van der Waals surface area contributed by atoms with E-state index in [1.807, 2.05) is 0 Å². The number of nitrogens with one attached hydrogen (secondary N) is 1. The van der Waals surface area contributed by atoms with Crippen molar-refractivity contribution in [3.8, 4) is 0 Å². The monoisotopic (exact) mass is 210 g/mol. The minimum absolute atomic E-state index is 0.388. The summed E-state index contributed by atoms with van der Waals surface area (Å²) in [5, 5.41) is 3.57. The summed E-state index contributed by atoms with van der Waals surface area (Å²) in [5.74, 6) is 0. The first-order valence-electron chi connectivity index (χ1n) is 6.03. The average molecular weight is 210 g/mol. The van der Waals surface area contributed by atoms with Crippen LogP contribution < -0.4 is 11.1 Å². The fourth-order valence-electron chi connectivity index (χ4n) is 1.63. The van der Waals surface area contributed by atoms with Crippen LogP contribution in [-0.2, 0) is 0 Å². The van der Waals surface area contributed by atoms with Crippen LogP contribution in [0.15, 0.2) is 23.5 Å². The van der Waals surface area contributed by atoms with Gasteiger partial charge in [-0.1, -0.05) is 33.3 Å². The summed E-state index contributed by atoms with van der Waals surface area (Å²) in [6.45, 7) is 8.64. The third kappa shape index (κ3) is 5.50. The maximum atomic E-state index is 5.55. The Bertz CT molecular complexity index is 217. The number of rotatable bonds is 7. The molecule has 0 amide bonds. The van der Waals surface area contributed by atoms with Crippen LogP contribution in [0.25, 0.3) is 0 Å². The molecule has 0 radical (unpaired) electrons. The van der Waals surface area contributed by atoms with Crippen molar-refractivity contribution in [3.05, 3.63) is 23.5 Å². The van der Waals surface area contributed by atoms with Gasteiger partial charge in [-0.15, -0.1) is 0 Å². The van der Waals surface area contributed by atoms with Crippen molar-refractivity contribution in [2.75, 3.05) is 0 Å². The van der Waals surface area contributed by atoms with Gasteiger partial charge in [0.1, 0.15) is 0 Å². The molecule has 0 rings (SSSR count). The number of hydrogen-bond acceptors (Lipinski definition) is 2. The second-order valence-corrected chi connectivity index (χ2v) is 3.90. The Hall–Kier alpha value is -0.920. The van der Waals surface area contributed by atoms with E-state index in [0.717, 1.165) is 19.3 Å². The predicted octanol–water partition coefficient (Wildman–Crippen LogP) is 3.31. The first kappa shape index (κ1) is 14.1. The van der Waals surface area contributed by atoms with Crippen LogP contribution in [0.1, 0.15) is 53.4 Å². The highest BCUT2D eigenvalue weighted by Crippen LogP contribution is 2.10. The maximum absolute atomic E-state index is 5.55. The Morgan fingerprint density at radius 3 is 2.40 bits per heavy atom. The molecule has 1 atom stereocenters. The second-order valence-electron chi connectivity index (χ2n) is 3.90. The predicted molar refractivity (Wildman–Crippen MR) is 68.4 cm³/mol. The van der Waals surface area contributed by atoms with Gasteiger partial charge in [0.25, 0.3) is 0 Å². The third-order valence-electron chi connectivity index (χ3n) is 2.55. The molecule has 0 fully saturated rings. The Kier molecular flexibility index (Phi) is 7.88. The van der Waals surface area contributed by atoms with Gasteiger partial charge in [0.15, 0.2) is 0 Å². The van der Waals surface area contributed by atoms with Crippen LogP contribution in [0.2, 0.25) is 0 Å². The summed E-state index contributed by atoms with van der Waals surface area (Å²) < 4.78 is 0. The molecule has 0 aliphatic rings. The van der Waals surface area contributed by atoms with Gasteiger partial charge in [-0.2, -0.15) is 0 Å². The Balaban J connectivity index is 4.42. The molecule has 0 bridgehead atoms. The third-order valence-corrected chi connectivity index (χ3v) is 2.55. The fourth-order valence-corrected chi connectivity index (χ4v) is 1.63. The van der Waals surface area contributed by atoms with Crippen LogP contribution >= 0.6 is 0 Å².